The Hall–Kier alpha value is -1.28. The predicted molar refractivity (Wildman–Crippen MR) is 78.6 cm³/mol. The molecule has 1 saturated carbocycles. The van der Waals surface area contributed by atoms with Gasteiger partial charge in [0.25, 0.3) is 0 Å². The number of alkyl halides is 3. The van der Waals surface area contributed by atoms with Gasteiger partial charge in [-0.05, 0) is 40.5 Å². The fourth-order valence-electron chi connectivity index (χ4n) is 2.29. The highest BCUT2D eigenvalue weighted by Crippen LogP contribution is 2.41. The molecule has 0 radical (unpaired) electrons. The van der Waals surface area contributed by atoms with Gasteiger partial charge < -0.3 is 14.0 Å². The normalized spacial score (nSPS) is 23.2. The van der Waals surface area contributed by atoms with Crippen molar-refractivity contribution in [2.75, 3.05) is 0 Å². The standard InChI is InChI=1S/C15H19BF3NO3/c1-13(2)14(3,4)23-16(22-13)11-8-20-7-10(15(17,18)19)12(11)21-9-5-6-9/h7-9H,5-6H2,1-4H3. The summed E-state index contributed by atoms with van der Waals surface area (Å²) in [6.07, 6.45) is -1.11. The number of rotatable bonds is 3. The maximum Gasteiger partial charge on any atom is 0.500 e. The molecule has 1 aliphatic heterocycles. The Morgan fingerprint density at radius 1 is 1.13 bits per heavy atom. The van der Waals surface area contributed by atoms with Gasteiger partial charge in [-0.25, -0.2) is 0 Å². The highest BCUT2D eigenvalue weighted by molar-refractivity contribution is 6.63. The van der Waals surface area contributed by atoms with Crippen molar-refractivity contribution in [3.05, 3.63) is 18.0 Å². The number of hydrogen-bond acceptors (Lipinski definition) is 4. The van der Waals surface area contributed by atoms with Crippen molar-refractivity contribution in [2.24, 2.45) is 0 Å². The van der Waals surface area contributed by atoms with Gasteiger partial charge in [-0.1, -0.05) is 0 Å². The lowest BCUT2D eigenvalue weighted by atomic mass is 9.78. The van der Waals surface area contributed by atoms with Gasteiger partial charge in [-0.3, -0.25) is 4.98 Å². The average molecular weight is 329 g/mol. The molecule has 1 aromatic heterocycles. The second-order valence-electron chi connectivity index (χ2n) is 7.01. The summed E-state index contributed by atoms with van der Waals surface area (Å²) in [5.41, 5.74) is -2.01. The van der Waals surface area contributed by atoms with E-state index >= 15 is 0 Å². The number of hydrogen-bond donors (Lipinski definition) is 0. The molecule has 3 rings (SSSR count). The SMILES string of the molecule is CC1(C)OB(c2cncc(C(F)(F)F)c2OC2CC2)OC1(C)C. The van der Waals surface area contributed by atoms with Crippen LogP contribution in [-0.2, 0) is 15.5 Å². The molecule has 1 saturated heterocycles. The number of aromatic nitrogens is 1. The molecule has 0 aromatic carbocycles. The zero-order valence-corrected chi connectivity index (χ0v) is 13.5. The summed E-state index contributed by atoms with van der Waals surface area (Å²) in [5.74, 6) is -0.228. The van der Waals surface area contributed by atoms with Crippen molar-refractivity contribution < 1.29 is 27.2 Å². The van der Waals surface area contributed by atoms with E-state index in [4.69, 9.17) is 14.0 Å². The highest BCUT2D eigenvalue weighted by atomic mass is 19.4. The largest absolute Gasteiger partial charge is 0.500 e. The summed E-state index contributed by atoms with van der Waals surface area (Å²) >= 11 is 0. The van der Waals surface area contributed by atoms with Crippen LogP contribution < -0.4 is 10.2 Å². The number of ether oxygens (including phenoxy) is 1. The fourth-order valence-corrected chi connectivity index (χ4v) is 2.29. The van der Waals surface area contributed by atoms with E-state index in [2.05, 4.69) is 4.98 Å². The van der Waals surface area contributed by atoms with Crippen molar-refractivity contribution in [1.29, 1.82) is 0 Å². The van der Waals surface area contributed by atoms with Crippen LogP contribution >= 0.6 is 0 Å². The van der Waals surface area contributed by atoms with E-state index in [1.807, 2.05) is 27.7 Å². The molecule has 0 bridgehead atoms. The van der Waals surface area contributed by atoms with E-state index < -0.39 is 30.1 Å². The van der Waals surface area contributed by atoms with Gasteiger partial charge >= 0.3 is 13.3 Å². The fraction of sp³-hybridized carbons (Fsp3) is 0.667. The molecule has 126 valence electrons. The zero-order valence-electron chi connectivity index (χ0n) is 13.5. The monoisotopic (exact) mass is 329 g/mol. The summed E-state index contributed by atoms with van der Waals surface area (Å²) in [4.78, 5) is 3.72. The first-order valence-electron chi connectivity index (χ1n) is 7.59. The molecule has 2 heterocycles. The van der Waals surface area contributed by atoms with E-state index in [0.29, 0.717) is 0 Å². The van der Waals surface area contributed by atoms with Crippen LogP contribution in [0.4, 0.5) is 13.2 Å². The van der Waals surface area contributed by atoms with Gasteiger partial charge in [0.1, 0.15) is 11.3 Å². The summed E-state index contributed by atoms with van der Waals surface area (Å²) in [6, 6.07) is 0. The molecule has 8 heteroatoms. The van der Waals surface area contributed by atoms with Crippen LogP contribution in [0.25, 0.3) is 0 Å². The molecule has 0 amide bonds. The van der Waals surface area contributed by atoms with Gasteiger partial charge in [0.2, 0.25) is 0 Å². The Labute approximate surface area is 133 Å². The van der Waals surface area contributed by atoms with Crippen LogP contribution in [0.5, 0.6) is 5.75 Å². The molecular formula is C15H19BF3NO3. The Bertz CT molecular complexity index is 598. The van der Waals surface area contributed by atoms with E-state index in [9.17, 15) is 13.2 Å². The minimum Gasteiger partial charge on any atom is -0.490 e. The Morgan fingerprint density at radius 2 is 1.70 bits per heavy atom. The quantitative estimate of drug-likeness (QED) is 0.800. The predicted octanol–water partition coefficient (Wildman–Crippen LogP) is 2.94. The molecule has 23 heavy (non-hydrogen) atoms. The third-order valence-corrected chi connectivity index (χ3v) is 4.55. The van der Waals surface area contributed by atoms with Crippen molar-refractivity contribution in [2.45, 2.75) is 64.0 Å². The summed E-state index contributed by atoms with van der Waals surface area (Å²) in [6.45, 7) is 7.37. The zero-order chi connectivity index (χ0) is 17.0. The van der Waals surface area contributed by atoms with Gasteiger partial charge in [0.15, 0.2) is 0 Å². The van der Waals surface area contributed by atoms with E-state index in [1.165, 1.54) is 6.20 Å². The first-order chi connectivity index (χ1) is 10.5. The van der Waals surface area contributed by atoms with Crippen molar-refractivity contribution in [3.63, 3.8) is 0 Å². The maximum atomic E-state index is 13.3. The smallest absolute Gasteiger partial charge is 0.490 e. The molecule has 4 nitrogen and oxygen atoms in total. The molecular weight excluding hydrogens is 310 g/mol. The minimum absolute atomic E-state index is 0.181. The molecule has 1 aromatic rings. The third-order valence-electron chi connectivity index (χ3n) is 4.55. The molecule has 0 atom stereocenters. The lowest BCUT2D eigenvalue weighted by molar-refractivity contribution is -0.139. The molecule has 2 aliphatic rings. The number of pyridine rings is 1. The van der Waals surface area contributed by atoms with Gasteiger partial charge in [-0.2, -0.15) is 13.2 Å². The molecule has 0 N–H and O–H groups in total. The lowest BCUT2D eigenvalue weighted by Gasteiger charge is -2.32. The van der Waals surface area contributed by atoms with Crippen molar-refractivity contribution in [3.8, 4) is 5.75 Å². The van der Waals surface area contributed by atoms with Gasteiger partial charge in [0, 0.05) is 17.9 Å². The Morgan fingerprint density at radius 3 is 2.17 bits per heavy atom. The lowest BCUT2D eigenvalue weighted by Crippen LogP contribution is -2.41. The average Bonchev–Trinajstić information content (AvgIpc) is 3.16. The van der Waals surface area contributed by atoms with Crippen LogP contribution in [0.1, 0.15) is 46.1 Å². The second-order valence-corrected chi connectivity index (χ2v) is 7.01. The summed E-state index contributed by atoms with van der Waals surface area (Å²) in [5, 5.41) is 0. The first-order valence-corrected chi connectivity index (χ1v) is 7.59. The first kappa shape index (κ1) is 16.6. The highest BCUT2D eigenvalue weighted by Gasteiger charge is 2.53. The third kappa shape index (κ3) is 3.06. The van der Waals surface area contributed by atoms with Crippen molar-refractivity contribution in [1.82, 2.24) is 4.98 Å². The Kier molecular flexibility index (Phi) is 3.68. The van der Waals surface area contributed by atoms with Crippen LogP contribution in [0.15, 0.2) is 12.4 Å². The topological polar surface area (TPSA) is 40.6 Å². The van der Waals surface area contributed by atoms with Crippen molar-refractivity contribution >= 4 is 12.6 Å². The van der Waals surface area contributed by atoms with E-state index in [0.717, 1.165) is 19.0 Å². The molecule has 1 aliphatic carbocycles. The van der Waals surface area contributed by atoms with Gasteiger partial charge in [-0.15, -0.1) is 0 Å². The van der Waals surface area contributed by atoms with E-state index in [-0.39, 0.29) is 17.3 Å². The summed E-state index contributed by atoms with van der Waals surface area (Å²) < 4.78 is 57.1. The molecule has 0 unspecified atom stereocenters. The minimum atomic E-state index is -4.54. The van der Waals surface area contributed by atoms with Crippen LogP contribution in [0, 0.1) is 0 Å². The summed E-state index contributed by atoms with van der Waals surface area (Å²) in [7, 11) is -0.941. The number of nitrogens with zero attached hydrogens (tertiary/aromatic N) is 1. The maximum absolute atomic E-state index is 13.3. The van der Waals surface area contributed by atoms with Gasteiger partial charge in [0.05, 0.1) is 17.3 Å². The molecule has 0 spiro atoms. The molecule has 2 fully saturated rings. The number of halogens is 3. The Balaban J connectivity index is 2.02. The van der Waals surface area contributed by atoms with Crippen LogP contribution in [-0.4, -0.2) is 29.4 Å². The second kappa shape index (κ2) is 5.11. The van der Waals surface area contributed by atoms with Crippen LogP contribution in [0.2, 0.25) is 0 Å². The van der Waals surface area contributed by atoms with E-state index in [1.54, 1.807) is 0 Å². The van der Waals surface area contributed by atoms with Crippen LogP contribution in [0.3, 0.4) is 0 Å².